The number of ketones is 1. The van der Waals surface area contributed by atoms with Crippen molar-refractivity contribution < 1.29 is 9.53 Å². The lowest BCUT2D eigenvalue weighted by molar-refractivity contribution is -0.119. The van der Waals surface area contributed by atoms with Crippen molar-refractivity contribution in [3.05, 3.63) is 41.7 Å². The first-order valence-corrected chi connectivity index (χ1v) is 5.56. The summed E-state index contributed by atoms with van der Waals surface area (Å²) in [6, 6.07) is 7.96. The number of carbonyl (C=O) groups excluding carboxylic acids is 1. The molecular formula is C13H13NO2. The summed E-state index contributed by atoms with van der Waals surface area (Å²) in [7, 11) is 0. The molecule has 1 atom stereocenters. The van der Waals surface area contributed by atoms with Gasteiger partial charge in [0.15, 0.2) is 5.76 Å². The number of ether oxygens (including phenoxy) is 1. The van der Waals surface area contributed by atoms with Gasteiger partial charge in [-0.15, -0.1) is 0 Å². The highest BCUT2D eigenvalue weighted by Gasteiger charge is 2.31. The molecular weight excluding hydrogens is 202 g/mol. The molecule has 3 rings (SSSR count). The maximum atomic E-state index is 12.2. The minimum absolute atomic E-state index is 0.0828. The fourth-order valence-corrected chi connectivity index (χ4v) is 2.28. The Morgan fingerprint density at radius 1 is 1.38 bits per heavy atom. The van der Waals surface area contributed by atoms with Crippen molar-refractivity contribution in [2.24, 2.45) is 0 Å². The van der Waals surface area contributed by atoms with E-state index >= 15 is 0 Å². The lowest BCUT2D eigenvalue weighted by Gasteiger charge is -2.09. The van der Waals surface area contributed by atoms with Gasteiger partial charge in [0.25, 0.3) is 0 Å². The van der Waals surface area contributed by atoms with E-state index in [1.165, 1.54) is 0 Å². The number of hydrogen-bond donors (Lipinski definition) is 1. The average Bonchev–Trinajstić information content (AvgIpc) is 2.98. The van der Waals surface area contributed by atoms with E-state index in [2.05, 4.69) is 5.32 Å². The Bertz CT molecular complexity index is 465. The Morgan fingerprint density at radius 2 is 2.25 bits per heavy atom. The van der Waals surface area contributed by atoms with Crippen LogP contribution in [0.25, 0.3) is 0 Å². The van der Waals surface area contributed by atoms with Gasteiger partial charge in [-0.05, 0) is 17.7 Å². The minimum atomic E-state index is -0.0828. The van der Waals surface area contributed by atoms with Crippen LogP contribution in [0, 0.1) is 0 Å². The standard InChI is InChI=1S/C13H13NO2/c15-13(12-6-3-7-16-12)10-8-14-11-5-2-1-4-9(10)11/h1-2,4-6,10,14H,3,7-8H2. The van der Waals surface area contributed by atoms with Gasteiger partial charge in [0.2, 0.25) is 5.78 Å². The zero-order chi connectivity index (χ0) is 11.0. The summed E-state index contributed by atoms with van der Waals surface area (Å²) < 4.78 is 5.33. The molecule has 0 radical (unpaired) electrons. The van der Waals surface area contributed by atoms with E-state index in [1.807, 2.05) is 30.3 Å². The molecule has 0 bridgehead atoms. The van der Waals surface area contributed by atoms with Gasteiger partial charge in [0.1, 0.15) is 0 Å². The van der Waals surface area contributed by atoms with Gasteiger partial charge in [0, 0.05) is 18.7 Å². The monoisotopic (exact) mass is 215 g/mol. The molecule has 1 unspecified atom stereocenters. The van der Waals surface area contributed by atoms with E-state index in [-0.39, 0.29) is 11.7 Å². The third-order valence-electron chi connectivity index (χ3n) is 3.10. The van der Waals surface area contributed by atoms with Crippen LogP contribution in [0.2, 0.25) is 0 Å². The van der Waals surface area contributed by atoms with Gasteiger partial charge in [-0.1, -0.05) is 18.2 Å². The van der Waals surface area contributed by atoms with E-state index in [0.717, 1.165) is 17.7 Å². The molecule has 0 aliphatic carbocycles. The zero-order valence-electron chi connectivity index (χ0n) is 8.90. The lowest BCUT2D eigenvalue weighted by Crippen LogP contribution is -2.17. The summed E-state index contributed by atoms with van der Waals surface area (Å²) >= 11 is 0. The molecule has 0 amide bonds. The van der Waals surface area contributed by atoms with Gasteiger partial charge in [-0.25, -0.2) is 0 Å². The summed E-state index contributed by atoms with van der Waals surface area (Å²) in [6.07, 6.45) is 2.74. The molecule has 2 heterocycles. The molecule has 1 aromatic carbocycles. The maximum Gasteiger partial charge on any atom is 0.206 e. The number of Topliss-reactive ketones (excluding diaryl/α,β-unsaturated/α-hetero) is 1. The van der Waals surface area contributed by atoms with Crippen LogP contribution in [0.4, 0.5) is 5.69 Å². The van der Waals surface area contributed by atoms with Gasteiger partial charge in [-0.3, -0.25) is 4.79 Å². The number of benzene rings is 1. The van der Waals surface area contributed by atoms with Crippen molar-refractivity contribution in [2.45, 2.75) is 12.3 Å². The van der Waals surface area contributed by atoms with Crippen molar-refractivity contribution in [1.82, 2.24) is 0 Å². The molecule has 2 aliphatic heterocycles. The zero-order valence-corrected chi connectivity index (χ0v) is 8.90. The van der Waals surface area contributed by atoms with Crippen LogP contribution in [0.3, 0.4) is 0 Å². The minimum Gasteiger partial charge on any atom is -0.490 e. The molecule has 0 aromatic heterocycles. The largest absolute Gasteiger partial charge is 0.490 e. The van der Waals surface area contributed by atoms with Gasteiger partial charge < -0.3 is 10.1 Å². The number of allylic oxidation sites excluding steroid dienone is 1. The first kappa shape index (κ1) is 9.46. The second kappa shape index (κ2) is 3.67. The van der Waals surface area contributed by atoms with Crippen LogP contribution in [-0.4, -0.2) is 18.9 Å². The van der Waals surface area contributed by atoms with Crippen LogP contribution in [-0.2, 0) is 9.53 Å². The molecule has 0 saturated carbocycles. The third-order valence-corrected chi connectivity index (χ3v) is 3.10. The van der Waals surface area contributed by atoms with E-state index in [0.29, 0.717) is 18.9 Å². The highest BCUT2D eigenvalue weighted by molar-refractivity contribution is 6.01. The highest BCUT2D eigenvalue weighted by atomic mass is 16.5. The number of fused-ring (bicyclic) bond motifs is 1. The van der Waals surface area contributed by atoms with Gasteiger partial charge >= 0.3 is 0 Å². The summed E-state index contributed by atoms with van der Waals surface area (Å²) in [5, 5.41) is 3.25. The molecule has 1 aromatic rings. The summed E-state index contributed by atoms with van der Waals surface area (Å²) in [6.45, 7) is 1.32. The third kappa shape index (κ3) is 1.40. The van der Waals surface area contributed by atoms with E-state index in [9.17, 15) is 4.79 Å². The average molecular weight is 215 g/mol. The van der Waals surface area contributed by atoms with Crippen LogP contribution < -0.4 is 5.32 Å². The smallest absolute Gasteiger partial charge is 0.206 e. The van der Waals surface area contributed by atoms with Crippen molar-refractivity contribution in [1.29, 1.82) is 0 Å². The summed E-state index contributed by atoms with van der Waals surface area (Å²) in [4.78, 5) is 12.2. The molecule has 16 heavy (non-hydrogen) atoms. The number of anilines is 1. The number of carbonyl (C=O) groups is 1. The Kier molecular flexibility index (Phi) is 2.17. The molecule has 3 nitrogen and oxygen atoms in total. The SMILES string of the molecule is O=C(C1=CCCO1)C1CNc2ccccc21. The predicted octanol–water partition coefficient (Wildman–Crippen LogP) is 2.07. The van der Waals surface area contributed by atoms with Crippen LogP contribution >= 0.6 is 0 Å². The van der Waals surface area contributed by atoms with Crippen LogP contribution in [0.5, 0.6) is 0 Å². The molecule has 82 valence electrons. The normalized spacial score (nSPS) is 22.0. The van der Waals surface area contributed by atoms with Crippen molar-refractivity contribution >= 4 is 11.5 Å². The number of hydrogen-bond acceptors (Lipinski definition) is 3. The quantitative estimate of drug-likeness (QED) is 0.820. The predicted molar refractivity (Wildman–Crippen MR) is 61.3 cm³/mol. The number of para-hydroxylation sites is 1. The fourth-order valence-electron chi connectivity index (χ4n) is 2.28. The van der Waals surface area contributed by atoms with E-state index in [4.69, 9.17) is 4.74 Å². The molecule has 1 N–H and O–H groups in total. The molecule has 2 aliphatic rings. The first-order valence-electron chi connectivity index (χ1n) is 5.56. The molecule has 0 fully saturated rings. The fraction of sp³-hybridized carbons (Fsp3) is 0.308. The second-order valence-electron chi connectivity index (χ2n) is 4.09. The van der Waals surface area contributed by atoms with Crippen molar-refractivity contribution in [3.8, 4) is 0 Å². The van der Waals surface area contributed by atoms with E-state index in [1.54, 1.807) is 0 Å². The summed E-state index contributed by atoms with van der Waals surface area (Å²) in [5.74, 6) is 0.569. The molecule has 3 heteroatoms. The lowest BCUT2D eigenvalue weighted by atomic mass is 9.95. The van der Waals surface area contributed by atoms with Gasteiger partial charge in [0.05, 0.1) is 12.5 Å². The first-order chi connectivity index (χ1) is 7.86. The Labute approximate surface area is 94.1 Å². The van der Waals surface area contributed by atoms with Gasteiger partial charge in [-0.2, -0.15) is 0 Å². The molecule has 0 saturated heterocycles. The van der Waals surface area contributed by atoms with Crippen molar-refractivity contribution in [2.75, 3.05) is 18.5 Å². The Balaban J connectivity index is 1.90. The topological polar surface area (TPSA) is 38.3 Å². The highest BCUT2D eigenvalue weighted by Crippen LogP contribution is 2.33. The number of nitrogens with one attached hydrogen (secondary N) is 1. The second-order valence-corrected chi connectivity index (χ2v) is 4.09. The van der Waals surface area contributed by atoms with E-state index < -0.39 is 0 Å². The maximum absolute atomic E-state index is 12.2. The van der Waals surface area contributed by atoms with Crippen LogP contribution in [0.15, 0.2) is 36.1 Å². The Morgan fingerprint density at radius 3 is 3.06 bits per heavy atom. The number of rotatable bonds is 2. The molecule has 0 spiro atoms. The van der Waals surface area contributed by atoms with Crippen LogP contribution in [0.1, 0.15) is 17.9 Å². The summed E-state index contributed by atoms with van der Waals surface area (Å²) in [5.41, 5.74) is 2.16. The Hall–Kier alpha value is -1.77. The van der Waals surface area contributed by atoms with Crippen molar-refractivity contribution in [3.63, 3.8) is 0 Å².